The van der Waals surface area contributed by atoms with Crippen molar-refractivity contribution in [3.8, 4) is 6.07 Å². The van der Waals surface area contributed by atoms with Gasteiger partial charge in [0.1, 0.15) is 10.8 Å². The van der Waals surface area contributed by atoms with Gasteiger partial charge >= 0.3 is 0 Å². The van der Waals surface area contributed by atoms with Crippen molar-refractivity contribution in [1.29, 1.82) is 5.26 Å². The highest BCUT2D eigenvalue weighted by atomic mass is 35.5. The fourth-order valence-corrected chi connectivity index (χ4v) is 4.51. The van der Waals surface area contributed by atoms with Gasteiger partial charge in [0.05, 0.1) is 35.7 Å². The second-order valence-corrected chi connectivity index (χ2v) is 7.73. The van der Waals surface area contributed by atoms with Gasteiger partial charge in [0.2, 0.25) is 0 Å². The number of nitrogens with two attached hydrogens (primary N) is 1. The molecule has 0 radical (unpaired) electrons. The van der Waals surface area contributed by atoms with Crippen LogP contribution >= 0.6 is 11.6 Å². The maximum absolute atomic E-state index is 13.0. The lowest BCUT2D eigenvalue weighted by Gasteiger charge is -2.45. The Morgan fingerprint density at radius 3 is 2.70 bits per heavy atom. The third-order valence-electron chi connectivity index (χ3n) is 5.66. The zero-order valence-corrected chi connectivity index (χ0v) is 16.9. The smallest absolute Gasteiger partial charge is 0.288 e. The van der Waals surface area contributed by atoms with Crippen LogP contribution in [0.1, 0.15) is 30.7 Å². The molecule has 0 spiro atoms. The normalized spacial score (nSPS) is 22.7. The van der Waals surface area contributed by atoms with E-state index in [1.165, 1.54) is 12.1 Å². The molecule has 0 saturated carbocycles. The minimum Gasteiger partial charge on any atom is -0.383 e. The summed E-state index contributed by atoms with van der Waals surface area (Å²) < 4.78 is 5.42. The summed E-state index contributed by atoms with van der Waals surface area (Å²) in [5.41, 5.74) is 8.09. The lowest BCUT2D eigenvalue weighted by atomic mass is 9.76. The molecule has 2 N–H and O–H groups in total. The van der Waals surface area contributed by atoms with Gasteiger partial charge in [0.15, 0.2) is 5.78 Å². The molecule has 0 bridgehead atoms. The van der Waals surface area contributed by atoms with E-state index in [1.54, 1.807) is 11.1 Å². The van der Waals surface area contributed by atoms with Crippen molar-refractivity contribution in [3.05, 3.63) is 61.6 Å². The van der Waals surface area contributed by atoms with Gasteiger partial charge in [-0.25, -0.2) is 5.01 Å². The highest BCUT2D eigenvalue weighted by Crippen LogP contribution is 2.46. The molecule has 0 aromatic heterocycles. The number of hydrazine groups is 1. The van der Waals surface area contributed by atoms with Crippen LogP contribution in [0.3, 0.4) is 0 Å². The first-order valence-corrected chi connectivity index (χ1v) is 10.0. The van der Waals surface area contributed by atoms with Crippen molar-refractivity contribution in [3.63, 3.8) is 0 Å². The Morgan fingerprint density at radius 1 is 1.30 bits per heavy atom. The van der Waals surface area contributed by atoms with Crippen LogP contribution in [0.25, 0.3) is 0 Å². The number of carbonyl (C=O) groups excluding carboxylic acids is 1. The summed E-state index contributed by atoms with van der Waals surface area (Å²) >= 11 is 5.97. The van der Waals surface area contributed by atoms with Crippen molar-refractivity contribution < 1.29 is 14.5 Å². The summed E-state index contributed by atoms with van der Waals surface area (Å²) in [6, 6.07) is 6.51. The molecule has 10 heteroatoms. The van der Waals surface area contributed by atoms with E-state index in [1.807, 2.05) is 5.01 Å². The number of nitriles is 1. The molecule has 9 nitrogen and oxygen atoms in total. The number of ketones is 1. The fourth-order valence-electron chi connectivity index (χ4n) is 4.33. The van der Waals surface area contributed by atoms with Gasteiger partial charge in [-0.15, -0.1) is 0 Å². The van der Waals surface area contributed by atoms with Gasteiger partial charge in [-0.3, -0.25) is 19.9 Å². The minimum atomic E-state index is -0.758. The third-order valence-corrected chi connectivity index (χ3v) is 5.98. The van der Waals surface area contributed by atoms with Gasteiger partial charge < -0.3 is 10.5 Å². The molecule has 2 heterocycles. The molecule has 2 aliphatic heterocycles. The lowest BCUT2D eigenvalue weighted by molar-refractivity contribution is -0.384. The van der Waals surface area contributed by atoms with E-state index in [2.05, 4.69) is 6.07 Å². The van der Waals surface area contributed by atoms with Crippen LogP contribution in [0.2, 0.25) is 5.02 Å². The van der Waals surface area contributed by atoms with Crippen LogP contribution in [-0.4, -0.2) is 47.0 Å². The molecule has 0 amide bonds. The Hall–Kier alpha value is -2.93. The van der Waals surface area contributed by atoms with Crippen molar-refractivity contribution >= 4 is 23.1 Å². The van der Waals surface area contributed by atoms with E-state index in [0.717, 1.165) is 5.70 Å². The van der Waals surface area contributed by atoms with E-state index in [0.29, 0.717) is 56.7 Å². The summed E-state index contributed by atoms with van der Waals surface area (Å²) in [6.45, 7) is 2.22. The molecular formula is C20H20ClN5O4. The highest BCUT2D eigenvalue weighted by molar-refractivity contribution is 6.32. The molecule has 1 unspecified atom stereocenters. The molecule has 1 aromatic rings. The standard InChI is InChI=1S/C20H20ClN5O4/c21-14-5-4-12(10-16(14)26(28)29)18-13(11-22)20(23)25(24-6-8-30-9-7-24)15-2-1-3-17(27)19(15)18/h4-5,10,18H,1-3,6-9,23H2. The number of hydrogen-bond donors (Lipinski definition) is 1. The number of rotatable bonds is 3. The first-order chi connectivity index (χ1) is 14.4. The predicted molar refractivity (Wildman–Crippen MR) is 108 cm³/mol. The number of benzene rings is 1. The molecule has 1 saturated heterocycles. The molecule has 3 aliphatic rings. The van der Waals surface area contributed by atoms with Gasteiger partial charge in [-0.2, -0.15) is 5.26 Å². The maximum Gasteiger partial charge on any atom is 0.288 e. The molecular weight excluding hydrogens is 410 g/mol. The predicted octanol–water partition coefficient (Wildman–Crippen LogP) is 2.60. The van der Waals surface area contributed by atoms with Crippen LogP contribution in [0, 0.1) is 21.4 Å². The van der Waals surface area contributed by atoms with E-state index in [9.17, 15) is 20.2 Å². The van der Waals surface area contributed by atoms with E-state index in [4.69, 9.17) is 22.1 Å². The molecule has 4 rings (SSSR count). The third kappa shape index (κ3) is 3.33. The van der Waals surface area contributed by atoms with Gasteiger partial charge in [-0.1, -0.05) is 17.7 Å². The Balaban J connectivity index is 1.90. The number of carbonyl (C=O) groups is 1. The van der Waals surface area contributed by atoms with Crippen LogP contribution in [0.15, 0.2) is 40.9 Å². The molecule has 1 atom stereocenters. The van der Waals surface area contributed by atoms with E-state index in [-0.39, 0.29) is 27.9 Å². The zero-order chi connectivity index (χ0) is 21.4. The zero-order valence-electron chi connectivity index (χ0n) is 16.1. The Labute approximate surface area is 178 Å². The second-order valence-electron chi connectivity index (χ2n) is 7.33. The summed E-state index contributed by atoms with van der Waals surface area (Å²) in [6.07, 6.45) is 1.67. The number of nitro groups is 1. The van der Waals surface area contributed by atoms with Crippen LogP contribution in [0.4, 0.5) is 5.69 Å². The van der Waals surface area contributed by atoms with Crippen molar-refractivity contribution in [2.24, 2.45) is 5.73 Å². The number of halogens is 1. The summed E-state index contributed by atoms with van der Waals surface area (Å²) in [7, 11) is 0. The fraction of sp³-hybridized carbons (Fsp3) is 0.400. The number of nitrogens with zero attached hydrogens (tertiary/aromatic N) is 4. The largest absolute Gasteiger partial charge is 0.383 e. The molecule has 1 aliphatic carbocycles. The quantitative estimate of drug-likeness (QED) is 0.574. The number of nitro benzene ring substituents is 1. The van der Waals surface area contributed by atoms with Crippen molar-refractivity contribution in [2.45, 2.75) is 25.2 Å². The number of hydrogen-bond acceptors (Lipinski definition) is 8. The van der Waals surface area contributed by atoms with Gasteiger partial charge in [0.25, 0.3) is 5.69 Å². The topological polar surface area (TPSA) is 126 Å². The average molecular weight is 430 g/mol. The molecule has 1 aromatic carbocycles. The monoisotopic (exact) mass is 429 g/mol. The van der Waals surface area contributed by atoms with Crippen LogP contribution < -0.4 is 5.73 Å². The minimum absolute atomic E-state index is 0.00543. The first kappa shape index (κ1) is 20.3. The average Bonchev–Trinajstić information content (AvgIpc) is 2.74. The Bertz CT molecular complexity index is 1020. The maximum atomic E-state index is 13.0. The van der Waals surface area contributed by atoms with Gasteiger partial charge in [-0.05, 0) is 24.5 Å². The summed E-state index contributed by atoms with van der Waals surface area (Å²) in [5, 5.41) is 25.1. The van der Waals surface area contributed by atoms with E-state index < -0.39 is 10.8 Å². The Kier molecular flexibility index (Phi) is 5.47. The highest BCUT2D eigenvalue weighted by Gasteiger charge is 2.42. The van der Waals surface area contributed by atoms with Crippen LogP contribution in [0.5, 0.6) is 0 Å². The Morgan fingerprint density at radius 2 is 2.03 bits per heavy atom. The van der Waals surface area contributed by atoms with Gasteiger partial charge in [0, 0.05) is 36.8 Å². The number of allylic oxidation sites excluding steroid dienone is 3. The summed E-state index contributed by atoms with van der Waals surface area (Å²) in [5.74, 6) is -0.584. The number of ether oxygens (including phenoxy) is 1. The van der Waals surface area contributed by atoms with E-state index >= 15 is 0 Å². The number of Topliss-reactive ketones (excluding diaryl/α,β-unsaturated/α-hetero) is 1. The number of morpholine rings is 1. The summed E-state index contributed by atoms with van der Waals surface area (Å²) in [4.78, 5) is 23.8. The molecule has 1 fully saturated rings. The lowest BCUT2D eigenvalue weighted by Crippen LogP contribution is -2.52. The van der Waals surface area contributed by atoms with Crippen LogP contribution in [-0.2, 0) is 9.53 Å². The van der Waals surface area contributed by atoms with Crippen molar-refractivity contribution in [1.82, 2.24) is 10.0 Å². The SMILES string of the molecule is N#CC1=C(N)N(N2CCOCC2)C2=C(C(=O)CCC2)C1c1ccc(Cl)c([N+](=O)[O-])c1. The first-order valence-electron chi connectivity index (χ1n) is 9.66. The molecule has 156 valence electrons. The second kappa shape index (κ2) is 8.07. The molecule has 30 heavy (non-hydrogen) atoms. The van der Waals surface area contributed by atoms with Crippen molar-refractivity contribution in [2.75, 3.05) is 26.3 Å².